The van der Waals surface area contributed by atoms with Crippen LogP contribution in [0, 0.1) is 19.8 Å². The van der Waals surface area contributed by atoms with E-state index in [2.05, 4.69) is 29.4 Å². The summed E-state index contributed by atoms with van der Waals surface area (Å²) in [6.07, 6.45) is 6.15. The van der Waals surface area contributed by atoms with Crippen LogP contribution in [0.3, 0.4) is 0 Å². The maximum Gasteiger partial charge on any atom is 0.241 e. The maximum atomic E-state index is 12.6. The molecule has 1 aromatic rings. The van der Waals surface area contributed by atoms with Gasteiger partial charge in [-0.25, -0.2) is 0 Å². The summed E-state index contributed by atoms with van der Waals surface area (Å²) in [6, 6.07) is 0.0862. The lowest BCUT2D eigenvalue weighted by Crippen LogP contribution is -2.47. The molecule has 1 saturated carbocycles. The van der Waals surface area contributed by atoms with Crippen LogP contribution in [0.25, 0.3) is 0 Å². The van der Waals surface area contributed by atoms with Gasteiger partial charge in [-0.3, -0.25) is 9.69 Å². The van der Waals surface area contributed by atoms with Gasteiger partial charge >= 0.3 is 0 Å². The highest BCUT2D eigenvalue weighted by atomic mass is 32.1. The topological polar surface area (TPSA) is 32.3 Å². The number of nitrogens with zero attached hydrogens (tertiary/aromatic N) is 1. The number of thiophene rings is 1. The molecule has 0 bridgehead atoms. The molecule has 1 amide bonds. The van der Waals surface area contributed by atoms with Gasteiger partial charge in [0.25, 0.3) is 0 Å². The van der Waals surface area contributed by atoms with E-state index in [0.717, 1.165) is 31.1 Å². The van der Waals surface area contributed by atoms with E-state index in [1.807, 2.05) is 0 Å². The Morgan fingerprint density at radius 2 is 2.15 bits per heavy atom. The second-order valence-corrected chi connectivity index (χ2v) is 7.37. The number of carbonyl (C=O) groups excluding carboxylic acids is 1. The van der Waals surface area contributed by atoms with Gasteiger partial charge in [0, 0.05) is 11.4 Å². The van der Waals surface area contributed by atoms with Crippen molar-refractivity contribution in [3.8, 4) is 0 Å². The Balaban J connectivity index is 1.67. The van der Waals surface area contributed by atoms with E-state index in [0.29, 0.717) is 0 Å². The highest BCUT2D eigenvalue weighted by molar-refractivity contribution is 7.10. The number of rotatable bonds is 4. The van der Waals surface area contributed by atoms with E-state index >= 15 is 0 Å². The highest BCUT2D eigenvalue weighted by Gasteiger charge is 2.33. The van der Waals surface area contributed by atoms with Crippen molar-refractivity contribution >= 4 is 22.9 Å². The highest BCUT2D eigenvalue weighted by Crippen LogP contribution is 2.33. The molecule has 1 atom stereocenters. The van der Waals surface area contributed by atoms with E-state index in [1.54, 1.807) is 11.3 Å². The first-order valence-electron chi connectivity index (χ1n) is 7.74. The van der Waals surface area contributed by atoms with E-state index in [4.69, 9.17) is 0 Å². The third-order valence-electron chi connectivity index (χ3n) is 4.51. The van der Waals surface area contributed by atoms with Crippen LogP contribution in [0.1, 0.15) is 42.5 Å². The summed E-state index contributed by atoms with van der Waals surface area (Å²) in [5.74, 6) is 1.06. The fourth-order valence-corrected chi connectivity index (χ4v) is 3.91. The molecule has 3 nitrogen and oxygen atoms in total. The second kappa shape index (κ2) is 5.86. The van der Waals surface area contributed by atoms with E-state index in [1.165, 1.54) is 36.1 Å². The van der Waals surface area contributed by atoms with Crippen LogP contribution in [-0.2, 0) is 4.79 Å². The molecular formula is C16H24N2OS. The molecule has 1 aliphatic carbocycles. The fourth-order valence-electron chi connectivity index (χ4n) is 3.10. The largest absolute Gasteiger partial charge is 0.323 e. The Hall–Kier alpha value is -0.870. The number of likely N-dealkylation sites (tertiary alicyclic amines) is 1. The number of nitrogens with one attached hydrogen (secondary N) is 1. The Morgan fingerprint density at radius 1 is 1.35 bits per heavy atom. The summed E-state index contributed by atoms with van der Waals surface area (Å²) in [6.45, 7) is 6.37. The zero-order chi connectivity index (χ0) is 14.1. The number of amides is 1. The monoisotopic (exact) mass is 292 g/mol. The molecule has 2 aliphatic rings. The van der Waals surface area contributed by atoms with Gasteiger partial charge in [-0.05, 0) is 62.9 Å². The number of anilines is 1. The zero-order valence-electron chi connectivity index (χ0n) is 12.4. The van der Waals surface area contributed by atoms with Gasteiger partial charge in [0.15, 0.2) is 0 Å². The van der Waals surface area contributed by atoms with Crippen LogP contribution < -0.4 is 5.32 Å². The van der Waals surface area contributed by atoms with Crippen LogP contribution in [0.5, 0.6) is 0 Å². The number of aryl methyl sites for hydroxylation is 2. The Kier molecular flexibility index (Phi) is 4.13. The second-order valence-electron chi connectivity index (χ2n) is 6.29. The van der Waals surface area contributed by atoms with Crippen LogP contribution in [-0.4, -0.2) is 29.9 Å². The molecule has 2 fully saturated rings. The molecule has 1 aromatic heterocycles. The lowest BCUT2D eigenvalue weighted by atomic mass is 10.0. The minimum absolute atomic E-state index is 0.0862. The molecule has 1 saturated heterocycles. The van der Waals surface area contributed by atoms with Gasteiger partial charge in [0.1, 0.15) is 0 Å². The van der Waals surface area contributed by atoms with Crippen molar-refractivity contribution in [3.05, 3.63) is 15.8 Å². The smallest absolute Gasteiger partial charge is 0.241 e. The first-order valence-corrected chi connectivity index (χ1v) is 8.62. The maximum absolute atomic E-state index is 12.6. The first-order chi connectivity index (χ1) is 9.65. The van der Waals surface area contributed by atoms with Crippen molar-refractivity contribution in [2.45, 2.75) is 52.0 Å². The van der Waals surface area contributed by atoms with Crippen LogP contribution in [0.15, 0.2) is 5.38 Å². The summed E-state index contributed by atoms with van der Waals surface area (Å²) in [5, 5.41) is 5.30. The Morgan fingerprint density at radius 3 is 2.80 bits per heavy atom. The average Bonchev–Trinajstić information content (AvgIpc) is 3.20. The van der Waals surface area contributed by atoms with E-state index in [-0.39, 0.29) is 11.9 Å². The summed E-state index contributed by atoms with van der Waals surface area (Å²) >= 11 is 1.71. The van der Waals surface area contributed by atoms with Crippen molar-refractivity contribution in [2.24, 2.45) is 5.92 Å². The van der Waals surface area contributed by atoms with Crippen molar-refractivity contribution in [1.82, 2.24) is 4.90 Å². The Bertz CT molecular complexity index is 473. The first kappa shape index (κ1) is 14.1. The molecule has 20 heavy (non-hydrogen) atoms. The predicted octanol–water partition coefficient (Wildman–Crippen LogP) is 3.57. The molecule has 2 heterocycles. The van der Waals surface area contributed by atoms with Gasteiger partial charge in [-0.2, -0.15) is 0 Å². The van der Waals surface area contributed by atoms with Crippen molar-refractivity contribution in [2.75, 3.05) is 18.4 Å². The molecule has 0 spiro atoms. The molecule has 4 heteroatoms. The van der Waals surface area contributed by atoms with Crippen LogP contribution in [0.4, 0.5) is 5.69 Å². The molecule has 1 N–H and O–H groups in total. The number of piperidine rings is 1. The number of hydrogen-bond acceptors (Lipinski definition) is 3. The zero-order valence-corrected chi connectivity index (χ0v) is 13.3. The third-order valence-corrected chi connectivity index (χ3v) is 5.54. The minimum Gasteiger partial charge on any atom is -0.323 e. The molecule has 1 aliphatic heterocycles. The van der Waals surface area contributed by atoms with Gasteiger partial charge in [0.05, 0.1) is 11.7 Å². The standard InChI is InChI=1S/C16H24N2OS/c1-11-10-20-12(2)15(11)17-16(19)14-5-3-4-8-18(14)9-13-6-7-13/h10,13-14H,3-9H2,1-2H3,(H,17,19)/t14-/m0/s1. The molecule has 3 rings (SSSR count). The van der Waals surface area contributed by atoms with E-state index < -0.39 is 0 Å². The summed E-state index contributed by atoms with van der Waals surface area (Å²) in [7, 11) is 0. The average molecular weight is 292 g/mol. The van der Waals surface area contributed by atoms with Gasteiger partial charge in [-0.15, -0.1) is 11.3 Å². The Labute approximate surface area is 125 Å². The van der Waals surface area contributed by atoms with Gasteiger partial charge in [-0.1, -0.05) is 6.42 Å². The van der Waals surface area contributed by atoms with Gasteiger partial charge in [0.2, 0.25) is 5.91 Å². The predicted molar refractivity (Wildman–Crippen MR) is 84.4 cm³/mol. The lowest BCUT2D eigenvalue weighted by Gasteiger charge is -2.34. The summed E-state index contributed by atoms with van der Waals surface area (Å²) < 4.78 is 0. The van der Waals surface area contributed by atoms with Crippen molar-refractivity contribution in [1.29, 1.82) is 0 Å². The van der Waals surface area contributed by atoms with Crippen molar-refractivity contribution < 1.29 is 4.79 Å². The SMILES string of the molecule is Cc1csc(C)c1NC(=O)[C@@H]1CCCCN1CC1CC1. The quantitative estimate of drug-likeness (QED) is 0.920. The molecular weight excluding hydrogens is 268 g/mol. The molecule has 0 radical (unpaired) electrons. The number of carbonyl (C=O) groups is 1. The van der Waals surface area contributed by atoms with Crippen LogP contribution in [0.2, 0.25) is 0 Å². The van der Waals surface area contributed by atoms with Crippen LogP contribution >= 0.6 is 11.3 Å². The van der Waals surface area contributed by atoms with Crippen molar-refractivity contribution in [3.63, 3.8) is 0 Å². The summed E-state index contributed by atoms with van der Waals surface area (Å²) in [4.78, 5) is 16.3. The normalized spacial score (nSPS) is 23.8. The number of hydrogen-bond donors (Lipinski definition) is 1. The molecule has 110 valence electrons. The lowest BCUT2D eigenvalue weighted by molar-refractivity contribution is -0.122. The third kappa shape index (κ3) is 3.07. The fraction of sp³-hybridized carbons (Fsp3) is 0.688. The minimum atomic E-state index is 0.0862. The molecule has 0 aromatic carbocycles. The molecule has 0 unspecified atom stereocenters. The van der Waals surface area contributed by atoms with E-state index in [9.17, 15) is 4.79 Å². The van der Waals surface area contributed by atoms with Gasteiger partial charge < -0.3 is 5.32 Å². The summed E-state index contributed by atoms with van der Waals surface area (Å²) in [5.41, 5.74) is 2.22.